The van der Waals surface area contributed by atoms with Crippen molar-refractivity contribution in [3.63, 3.8) is 0 Å². The Balaban J connectivity index is 1.70. The van der Waals surface area contributed by atoms with Crippen LogP contribution in [0.15, 0.2) is 30.3 Å². The maximum atomic E-state index is 12.2. The first-order chi connectivity index (χ1) is 10.6. The predicted octanol–water partition coefficient (Wildman–Crippen LogP) is 0.931. The molecule has 2 atom stereocenters. The fraction of sp³-hybridized carbons (Fsp3) is 0.529. The minimum atomic E-state index is -0.0479. The summed E-state index contributed by atoms with van der Waals surface area (Å²) in [6.45, 7) is 3.82. The summed E-state index contributed by atoms with van der Waals surface area (Å²) in [6, 6.07) is 9.84. The third kappa shape index (κ3) is 4.56. The molecule has 120 valence electrons. The van der Waals surface area contributed by atoms with E-state index in [1.54, 1.807) is 0 Å². The number of rotatable bonds is 6. The molecule has 5 heteroatoms. The minimum absolute atomic E-state index is 0.0479. The third-order valence-corrected chi connectivity index (χ3v) is 4.18. The van der Waals surface area contributed by atoms with Crippen LogP contribution in [0.5, 0.6) is 0 Å². The molecule has 2 rings (SSSR count). The van der Waals surface area contributed by atoms with Crippen LogP contribution < -0.4 is 11.1 Å². The van der Waals surface area contributed by atoms with E-state index in [1.807, 2.05) is 35.2 Å². The van der Waals surface area contributed by atoms with E-state index in [0.717, 1.165) is 18.5 Å². The zero-order valence-corrected chi connectivity index (χ0v) is 13.1. The Hall–Kier alpha value is -1.88. The zero-order valence-electron chi connectivity index (χ0n) is 13.1. The van der Waals surface area contributed by atoms with E-state index in [0.29, 0.717) is 31.8 Å². The maximum absolute atomic E-state index is 12.2. The van der Waals surface area contributed by atoms with Crippen LogP contribution in [0, 0.1) is 5.92 Å². The van der Waals surface area contributed by atoms with Crippen LogP contribution in [0.25, 0.3) is 0 Å². The second kappa shape index (κ2) is 7.94. The minimum Gasteiger partial charge on any atom is -0.355 e. The van der Waals surface area contributed by atoms with Crippen molar-refractivity contribution in [2.45, 2.75) is 32.2 Å². The molecule has 2 amide bonds. The van der Waals surface area contributed by atoms with Gasteiger partial charge in [-0.2, -0.15) is 0 Å². The van der Waals surface area contributed by atoms with Gasteiger partial charge in [-0.15, -0.1) is 0 Å². The largest absolute Gasteiger partial charge is 0.355 e. The highest BCUT2D eigenvalue weighted by Gasteiger charge is 2.30. The summed E-state index contributed by atoms with van der Waals surface area (Å²) < 4.78 is 0. The molecule has 0 spiro atoms. The molecule has 1 saturated heterocycles. The Bertz CT molecular complexity index is 504. The predicted molar refractivity (Wildman–Crippen MR) is 86.1 cm³/mol. The quantitative estimate of drug-likeness (QED) is 0.821. The second-order valence-electron chi connectivity index (χ2n) is 5.99. The van der Waals surface area contributed by atoms with Crippen LogP contribution in [0.2, 0.25) is 0 Å². The van der Waals surface area contributed by atoms with Gasteiger partial charge in [0.15, 0.2) is 0 Å². The van der Waals surface area contributed by atoms with Crippen LogP contribution in [0.4, 0.5) is 0 Å². The topological polar surface area (TPSA) is 75.4 Å². The number of nitrogens with one attached hydrogen (secondary N) is 1. The lowest BCUT2D eigenvalue weighted by Gasteiger charge is -2.21. The van der Waals surface area contributed by atoms with E-state index >= 15 is 0 Å². The number of hydrogen-bond acceptors (Lipinski definition) is 3. The first-order valence-corrected chi connectivity index (χ1v) is 7.90. The summed E-state index contributed by atoms with van der Waals surface area (Å²) in [7, 11) is 0. The summed E-state index contributed by atoms with van der Waals surface area (Å²) in [6.07, 6.45) is 1.68. The third-order valence-electron chi connectivity index (χ3n) is 4.18. The van der Waals surface area contributed by atoms with Crippen molar-refractivity contribution in [1.82, 2.24) is 10.2 Å². The van der Waals surface area contributed by atoms with E-state index in [4.69, 9.17) is 5.73 Å². The number of carbonyl (C=O) groups excluding carboxylic acids is 2. The number of carbonyl (C=O) groups is 2. The molecule has 1 fully saturated rings. The van der Waals surface area contributed by atoms with Gasteiger partial charge in [-0.25, -0.2) is 0 Å². The van der Waals surface area contributed by atoms with Crippen LogP contribution in [0.1, 0.15) is 25.3 Å². The van der Waals surface area contributed by atoms with Gasteiger partial charge in [-0.05, 0) is 31.4 Å². The number of benzene rings is 1. The molecule has 0 bridgehead atoms. The first-order valence-electron chi connectivity index (χ1n) is 7.90. The summed E-state index contributed by atoms with van der Waals surface area (Å²) in [5.74, 6) is 0.461. The molecular weight excluding hydrogens is 278 g/mol. The molecule has 22 heavy (non-hydrogen) atoms. The monoisotopic (exact) mass is 303 g/mol. The van der Waals surface area contributed by atoms with Gasteiger partial charge in [0.25, 0.3) is 0 Å². The summed E-state index contributed by atoms with van der Waals surface area (Å²) in [4.78, 5) is 25.9. The standard InChI is InChI=1S/C17H25N3O2/c1-13-9-15(11-18)12-20(13)17(22)7-8-19-16(21)10-14-5-3-2-4-6-14/h2-6,13,15H,7-12,18H2,1H3,(H,19,21). The van der Waals surface area contributed by atoms with Gasteiger partial charge in [0, 0.05) is 25.6 Å². The van der Waals surface area contributed by atoms with Crippen LogP contribution in [-0.4, -0.2) is 42.4 Å². The summed E-state index contributed by atoms with van der Waals surface area (Å²) in [5.41, 5.74) is 6.65. The molecule has 1 aliphatic heterocycles. The van der Waals surface area contributed by atoms with Gasteiger partial charge >= 0.3 is 0 Å². The Labute approximate surface area is 131 Å². The fourth-order valence-electron chi connectivity index (χ4n) is 2.96. The van der Waals surface area contributed by atoms with Crippen molar-refractivity contribution in [3.8, 4) is 0 Å². The Kier molecular flexibility index (Phi) is 5.95. The van der Waals surface area contributed by atoms with E-state index in [9.17, 15) is 9.59 Å². The van der Waals surface area contributed by atoms with Crippen LogP contribution >= 0.6 is 0 Å². The normalized spacial score (nSPS) is 20.9. The fourth-order valence-corrected chi connectivity index (χ4v) is 2.96. The van der Waals surface area contributed by atoms with Crippen molar-refractivity contribution >= 4 is 11.8 Å². The van der Waals surface area contributed by atoms with Gasteiger partial charge in [0.2, 0.25) is 11.8 Å². The Morgan fingerprint density at radius 2 is 2.05 bits per heavy atom. The van der Waals surface area contributed by atoms with Gasteiger partial charge in [0.05, 0.1) is 6.42 Å². The highest BCUT2D eigenvalue weighted by atomic mass is 16.2. The van der Waals surface area contributed by atoms with E-state index in [1.165, 1.54) is 0 Å². The van der Waals surface area contributed by atoms with Gasteiger partial charge in [-0.1, -0.05) is 30.3 Å². The second-order valence-corrected chi connectivity index (χ2v) is 5.99. The Morgan fingerprint density at radius 1 is 1.32 bits per heavy atom. The van der Waals surface area contributed by atoms with Crippen LogP contribution in [0.3, 0.4) is 0 Å². The lowest BCUT2D eigenvalue weighted by molar-refractivity contribution is -0.131. The molecule has 0 aliphatic carbocycles. The highest BCUT2D eigenvalue weighted by Crippen LogP contribution is 2.22. The van der Waals surface area contributed by atoms with Crippen molar-refractivity contribution in [2.24, 2.45) is 11.7 Å². The van der Waals surface area contributed by atoms with Crippen molar-refractivity contribution in [1.29, 1.82) is 0 Å². The molecule has 1 aliphatic rings. The number of likely N-dealkylation sites (tertiary alicyclic amines) is 1. The lowest BCUT2D eigenvalue weighted by Crippen LogP contribution is -2.37. The first kappa shape index (κ1) is 16.5. The van der Waals surface area contributed by atoms with E-state index < -0.39 is 0 Å². The van der Waals surface area contributed by atoms with Crippen molar-refractivity contribution in [3.05, 3.63) is 35.9 Å². The smallest absolute Gasteiger partial charge is 0.224 e. The van der Waals surface area contributed by atoms with Crippen LogP contribution in [-0.2, 0) is 16.0 Å². The molecule has 1 aromatic rings. The Morgan fingerprint density at radius 3 is 2.68 bits per heavy atom. The van der Waals surface area contributed by atoms with Gasteiger partial charge in [0.1, 0.15) is 0 Å². The molecule has 3 N–H and O–H groups in total. The molecular formula is C17H25N3O2. The molecule has 5 nitrogen and oxygen atoms in total. The summed E-state index contributed by atoms with van der Waals surface area (Å²) >= 11 is 0. The van der Waals surface area contributed by atoms with Gasteiger partial charge < -0.3 is 16.0 Å². The van der Waals surface area contributed by atoms with Crippen molar-refractivity contribution < 1.29 is 9.59 Å². The highest BCUT2D eigenvalue weighted by molar-refractivity contribution is 5.80. The maximum Gasteiger partial charge on any atom is 0.224 e. The molecule has 1 aromatic carbocycles. The molecule has 1 heterocycles. The zero-order chi connectivity index (χ0) is 15.9. The molecule has 0 saturated carbocycles. The number of hydrogen-bond donors (Lipinski definition) is 2. The van der Waals surface area contributed by atoms with Crippen molar-refractivity contribution in [2.75, 3.05) is 19.6 Å². The summed E-state index contributed by atoms with van der Waals surface area (Å²) in [5, 5.41) is 2.81. The lowest BCUT2D eigenvalue weighted by atomic mass is 10.1. The van der Waals surface area contributed by atoms with E-state index in [-0.39, 0.29) is 17.9 Å². The number of nitrogens with zero attached hydrogens (tertiary/aromatic N) is 1. The average Bonchev–Trinajstić information content (AvgIpc) is 2.89. The molecule has 0 aromatic heterocycles. The van der Waals surface area contributed by atoms with Gasteiger partial charge in [-0.3, -0.25) is 9.59 Å². The number of amides is 2. The SMILES string of the molecule is CC1CC(CN)CN1C(=O)CCNC(=O)Cc1ccccc1. The number of nitrogens with two attached hydrogens (primary N) is 1. The molecule has 2 unspecified atom stereocenters. The molecule has 0 radical (unpaired) electrons. The van der Waals surface area contributed by atoms with E-state index in [2.05, 4.69) is 12.2 Å². The average molecular weight is 303 g/mol.